The van der Waals surface area contributed by atoms with Crippen molar-refractivity contribution in [2.24, 2.45) is 0 Å². The molecule has 0 bridgehead atoms. The normalized spacial score (nSPS) is 11.9. The van der Waals surface area contributed by atoms with E-state index in [1.165, 1.54) is 97.4 Å². The third kappa shape index (κ3) is 5.28. The second-order valence-corrected chi connectivity index (χ2v) is 15.4. The van der Waals surface area contributed by atoms with Crippen molar-refractivity contribution in [3.8, 4) is 55.6 Å². The summed E-state index contributed by atoms with van der Waals surface area (Å²) in [6.45, 7) is 0. The SMILES string of the molecule is [2H]c1ccc2cc(-c3ccccc3-c3c4ccccc4c(-c4ccc(-c5ccc6sc7c(-c8ccccc8)cccc7c6c5)cc4)c4ccccc34)ccc2c1. The smallest absolute Gasteiger partial charge is 0.0623 e. The van der Waals surface area contributed by atoms with Crippen LogP contribution in [-0.4, -0.2) is 0 Å². The standard InChI is InChI=1S/C54H34S/c1-2-14-37(15-3-1)43-23-12-24-49-50-34-40(31-32-51(50)55-54(43)49)36-25-28-38(29-26-36)52-45-19-8-10-21-47(45)53(48-22-11-9-20-46(48)52)44-18-7-6-17-42(44)41-30-27-35-13-4-5-16-39(35)33-41/h1-34H/i4D. The zero-order valence-electron chi connectivity index (χ0n) is 31.0. The second-order valence-electron chi connectivity index (χ2n) is 14.3. The third-order valence-corrected chi connectivity index (χ3v) is 12.4. The Kier molecular flexibility index (Phi) is 7.21. The molecule has 0 spiro atoms. The summed E-state index contributed by atoms with van der Waals surface area (Å²) in [5.41, 5.74) is 12.3. The molecule has 1 heterocycles. The van der Waals surface area contributed by atoms with Crippen LogP contribution in [0, 0.1) is 0 Å². The summed E-state index contributed by atoms with van der Waals surface area (Å²) in [5, 5.41) is 9.81. The van der Waals surface area contributed by atoms with Crippen molar-refractivity contribution >= 4 is 63.8 Å². The van der Waals surface area contributed by atoms with Gasteiger partial charge in [-0.3, -0.25) is 0 Å². The molecule has 0 fully saturated rings. The molecule has 0 atom stereocenters. The number of benzene rings is 10. The average Bonchev–Trinajstić information content (AvgIpc) is 3.64. The zero-order valence-corrected chi connectivity index (χ0v) is 30.8. The molecule has 0 aliphatic rings. The number of hydrogen-bond acceptors (Lipinski definition) is 1. The summed E-state index contributed by atoms with van der Waals surface area (Å²) in [5.74, 6) is 0. The third-order valence-electron chi connectivity index (χ3n) is 11.2. The van der Waals surface area contributed by atoms with Crippen molar-refractivity contribution in [3.05, 3.63) is 206 Å². The number of fused-ring (bicyclic) bond motifs is 6. The van der Waals surface area contributed by atoms with Crippen LogP contribution < -0.4 is 0 Å². The number of hydrogen-bond donors (Lipinski definition) is 0. The Bertz CT molecular complexity index is 3240. The molecule has 1 aromatic heterocycles. The van der Waals surface area contributed by atoms with Gasteiger partial charge in [0.1, 0.15) is 0 Å². The number of rotatable bonds is 5. The van der Waals surface area contributed by atoms with Gasteiger partial charge in [-0.1, -0.05) is 188 Å². The Morgan fingerprint density at radius 1 is 0.309 bits per heavy atom. The van der Waals surface area contributed by atoms with Gasteiger partial charge in [0.05, 0.1) is 1.37 Å². The van der Waals surface area contributed by atoms with Crippen LogP contribution in [-0.2, 0) is 0 Å². The minimum Gasteiger partial charge on any atom is -0.135 e. The van der Waals surface area contributed by atoms with Crippen LogP contribution in [0.3, 0.4) is 0 Å². The molecule has 11 rings (SSSR count). The molecule has 10 aromatic carbocycles. The maximum absolute atomic E-state index is 8.10. The minimum absolute atomic E-state index is 0.532. The van der Waals surface area contributed by atoms with Gasteiger partial charge in [-0.05, 0) is 106 Å². The van der Waals surface area contributed by atoms with Crippen molar-refractivity contribution in [1.29, 1.82) is 0 Å². The van der Waals surface area contributed by atoms with Crippen molar-refractivity contribution < 1.29 is 1.37 Å². The topological polar surface area (TPSA) is 0 Å². The fourth-order valence-corrected chi connectivity index (χ4v) is 9.85. The Balaban J connectivity index is 1.04. The lowest BCUT2D eigenvalue weighted by Gasteiger charge is -2.20. The van der Waals surface area contributed by atoms with Crippen molar-refractivity contribution in [2.75, 3.05) is 0 Å². The van der Waals surface area contributed by atoms with Gasteiger partial charge in [0.15, 0.2) is 0 Å². The highest BCUT2D eigenvalue weighted by atomic mass is 32.1. The summed E-state index contributed by atoms with van der Waals surface area (Å²) >= 11 is 1.88. The van der Waals surface area contributed by atoms with Gasteiger partial charge in [-0.25, -0.2) is 0 Å². The predicted octanol–water partition coefficient (Wildman–Crippen LogP) is 15.8. The van der Waals surface area contributed by atoms with E-state index in [0.29, 0.717) is 6.04 Å². The van der Waals surface area contributed by atoms with E-state index in [1.807, 2.05) is 23.5 Å². The Labute approximate surface area is 325 Å². The zero-order chi connectivity index (χ0) is 37.2. The molecule has 0 amide bonds. The Hall–Kier alpha value is -6.80. The van der Waals surface area contributed by atoms with Gasteiger partial charge in [-0.15, -0.1) is 11.3 Å². The molecule has 256 valence electrons. The van der Waals surface area contributed by atoms with E-state index < -0.39 is 0 Å². The Morgan fingerprint density at radius 2 is 0.909 bits per heavy atom. The van der Waals surface area contributed by atoms with Gasteiger partial charge < -0.3 is 0 Å². The van der Waals surface area contributed by atoms with Gasteiger partial charge >= 0.3 is 0 Å². The lowest BCUT2D eigenvalue weighted by atomic mass is 9.83. The van der Waals surface area contributed by atoms with Crippen LogP contribution in [0.2, 0.25) is 0 Å². The van der Waals surface area contributed by atoms with Crippen LogP contribution in [0.4, 0.5) is 0 Å². The molecule has 0 aliphatic carbocycles. The fraction of sp³-hybridized carbons (Fsp3) is 0. The van der Waals surface area contributed by atoms with Gasteiger partial charge in [0.2, 0.25) is 0 Å². The summed E-state index contributed by atoms with van der Waals surface area (Å²) in [7, 11) is 0. The average molecular weight is 716 g/mol. The van der Waals surface area contributed by atoms with E-state index in [2.05, 4.69) is 188 Å². The van der Waals surface area contributed by atoms with E-state index in [-0.39, 0.29) is 0 Å². The van der Waals surface area contributed by atoms with Crippen LogP contribution in [0.15, 0.2) is 206 Å². The molecule has 0 unspecified atom stereocenters. The van der Waals surface area contributed by atoms with E-state index >= 15 is 0 Å². The molecule has 0 aliphatic heterocycles. The molecule has 11 aromatic rings. The first-order valence-corrected chi connectivity index (χ1v) is 19.6. The first-order chi connectivity index (χ1) is 27.7. The quantitative estimate of drug-likeness (QED) is 0.156. The van der Waals surface area contributed by atoms with E-state index in [9.17, 15) is 0 Å². The molecule has 0 saturated carbocycles. The number of thiophene rings is 1. The first kappa shape index (κ1) is 30.6. The highest BCUT2D eigenvalue weighted by Gasteiger charge is 2.19. The predicted molar refractivity (Wildman–Crippen MR) is 239 cm³/mol. The van der Waals surface area contributed by atoms with Gasteiger partial charge in [-0.2, -0.15) is 0 Å². The van der Waals surface area contributed by atoms with E-state index in [1.54, 1.807) is 0 Å². The van der Waals surface area contributed by atoms with Crippen LogP contribution >= 0.6 is 11.3 Å². The lowest BCUT2D eigenvalue weighted by molar-refractivity contribution is 1.62. The molecule has 1 heteroatoms. The molecular weight excluding hydrogens is 681 g/mol. The largest absolute Gasteiger partial charge is 0.135 e. The van der Waals surface area contributed by atoms with Gasteiger partial charge in [0.25, 0.3) is 0 Å². The molecular formula is C54H34S. The van der Waals surface area contributed by atoms with Crippen LogP contribution in [0.5, 0.6) is 0 Å². The maximum atomic E-state index is 8.10. The maximum Gasteiger partial charge on any atom is 0.0623 e. The van der Waals surface area contributed by atoms with Crippen molar-refractivity contribution in [2.45, 2.75) is 0 Å². The highest BCUT2D eigenvalue weighted by molar-refractivity contribution is 7.26. The van der Waals surface area contributed by atoms with E-state index in [0.717, 1.165) is 10.8 Å². The summed E-state index contributed by atoms with van der Waals surface area (Å²) in [4.78, 5) is 0. The summed E-state index contributed by atoms with van der Waals surface area (Å²) in [6.07, 6.45) is 0. The second kappa shape index (κ2) is 13.0. The lowest BCUT2D eigenvalue weighted by Crippen LogP contribution is -1.92. The van der Waals surface area contributed by atoms with Crippen molar-refractivity contribution in [3.63, 3.8) is 0 Å². The molecule has 0 saturated heterocycles. The molecule has 55 heavy (non-hydrogen) atoms. The Morgan fingerprint density at radius 3 is 1.67 bits per heavy atom. The monoisotopic (exact) mass is 715 g/mol. The van der Waals surface area contributed by atoms with Crippen LogP contribution in [0.1, 0.15) is 1.37 Å². The summed E-state index contributed by atoms with van der Waals surface area (Å²) < 4.78 is 10.7. The van der Waals surface area contributed by atoms with E-state index in [4.69, 9.17) is 1.37 Å². The fourth-order valence-electron chi connectivity index (χ4n) is 8.63. The molecule has 0 nitrogen and oxygen atoms in total. The minimum atomic E-state index is 0.532. The van der Waals surface area contributed by atoms with Crippen molar-refractivity contribution in [1.82, 2.24) is 0 Å². The van der Waals surface area contributed by atoms with Gasteiger partial charge in [0, 0.05) is 20.2 Å². The van der Waals surface area contributed by atoms with Crippen LogP contribution in [0.25, 0.3) is 108 Å². The summed E-state index contributed by atoms with van der Waals surface area (Å²) in [6, 6.07) is 73.1. The first-order valence-electron chi connectivity index (χ1n) is 19.3. The molecule has 0 N–H and O–H groups in total. The highest BCUT2D eigenvalue weighted by Crippen LogP contribution is 2.47. The molecule has 0 radical (unpaired) electrons.